The second-order valence-corrected chi connectivity index (χ2v) is 7.73. The van der Waals surface area contributed by atoms with Crippen molar-refractivity contribution in [1.82, 2.24) is 9.78 Å². The normalized spacial score (nSPS) is 14.8. The highest BCUT2D eigenvalue weighted by Crippen LogP contribution is 2.38. The predicted molar refractivity (Wildman–Crippen MR) is 119 cm³/mol. The molecule has 2 aromatic carbocycles. The van der Waals surface area contributed by atoms with Crippen LogP contribution < -0.4 is 10.6 Å². The third-order valence-electron chi connectivity index (χ3n) is 5.45. The summed E-state index contributed by atoms with van der Waals surface area (Å²) in [6.45, 7) is 5.53. The van der Waals surface area contributed by atoms with E-state index in [-0.39, 0.29) is 24.0 Å². The number of aromatic nitrogens is 2. The Morgan fingerprint density at radius 3 is 2.39 bits per heavy atom. The van der Waals surface area contributed by atoms with Gasteiger partial charge in [0.15, 0.2) is 5.78 Å². The summed E-state index contributed by atoms with van der Waals surface area (Å²) in [4.78, 5) is 36.7. The van der Waals surface area contributed by atoms with Crippen molar-refractivity contribution in [2.24, 2.45) is 0 Å². The van der Waals surface area contributed by atoms with Crippen LogP contribution in [0, 0.1) is 6.92 Å². The molecule has 3 aromatic rings. The number of rotatable bonds is 6. The smallest absolute Gasteiger partial charge is 0.251 e. The first-order valence-electron chi connectivity index (χ1n) is 10.3. The molecular formula is C24H24N4O3. The van der Waals surface area contributed by atoms with E-state index in [2.05, 4.69) is 15.7 Å². The largest absolute Gasteiger partial charge is 0.326 e. The van der Waals surface area contributed by atoms with E-state index in [9.17, 15) is 14.4 Å². The molecule has 1 aliphatic heterocycles. The van der Waals surface area contributed by atoms with E-state index in [1.165, 1.54) is 6.92 Å². The van der Waals surface area contributed by atoms with Crippen LogP contribution in [0.5, 0.6) is 0 Å². The van der Waals surface area contributed by atoms with E-state index in [0.717, 1.165) is 22.4 Å². The fourth-order valence-electron chi connectivity index (χ4n) is 3.76. The number of benzene rings is 2. The number of carbonyl (C=O) groups excluding carboxylic acids is 3. The Morgan fingerprint density at radius 1 is 1.10 bits per heavy atom. The van der Waals surface area contributed by atoms with Gasteiger partial charge in [-0.15, -0.1) is 0 Å². The number of hydrogen-bond acceptors (Lipinski definition) is 4. The average molecular weight is 416 g/mol. The summed E-state index contributed by atoms with van der Waals surface area (Å²) in [5.74, 6) is 0.0479. The molecule has 2 heterocycles. The first kappa shape index (κ1) is 20.5. The molecule has 158 valence electrons. The van der Waals surface area contributed by atoms with Crippen LogP contribution in [0.3, 0.4) is 0 Å². The molecule has 0 saturated heterocycles. The number of carbonyl (C=O) groups is 3. The Labute approximate surface area is 180 Å². The summed E-state index contributed by atoms with van der Waals surface area (Å²) in [6, 6.07) is 14.0. The summed E-state index contributed by atoms with van der Waals surface area (Å²) in [7, 11) is 0. The molecule has 0 saturated carbocycles. The van der Waals surface area contributed by atoms with Gasteiger partial charge in [0, 0.05) is 16.8 Å². The molecule has 4 rings (SSSR count). The molecule has 0 spiro atoms. The Bertz CT molecular complexity index is 1160. The third kappa shape index (κ3) is 3.99. The van der Waals surface area contributed by atoms with Crippen molar-refractivity contribution in [1.29, 1.82) is 0 Å². The van der Waals surface area contributed by atoms with Crippen LogP contribution in [-0.2, 0) is 16.0 Å². The number of Topliss-reactive ketones (excluding diaryl/α,β-unsaturated/α-hetero) is 1. The SMILES string of the molecule is CCc1nn2c(c1-c1ccc(C)cc1)NC(=O)C2CC(=O)Nc1ccc(C(C)=O)cc1. The Hall–Kier alpha value is -3.74. The van der Waals surface area contributed by atoms with E-state index in [1.54, 1.807) is 28.9 Å². The minimum absolute atomic E-state index is 0.0362. The fraction of sp³-hybridized carbons (Fsp3) is 0.250. The molecule has 0 aliphatic carbocycles. The third-order valence-corrected chi connectivity index (χ3v) is 5.45. The van der Waals surface area contributed by atoms with Gasteiger partial charge in [0.2, 0.25) is 5.91 Å². The Kier molecular flexibility index (Phi) is 5.42. The molecule has 0 fully saturated rings. The van der Waals surface area contributed by atoms with Crippen molar-refractivity contribution in [3.63, 3.8) is 0 Å². The monoisotopic (exact) mass is 416 g/mol. The maximum Gasteiger partial charge on any atom is 0.251 e. The van der Waals surface area contributed by atoms with Crippen molar-refractivity contribution in [3.05, 3.63) is 65.4 Å². The quantitative estimate of drug-likeness (QED) is 0.591. The molecule has 31 heavy (non-hydrogen) atoms. The number of nitrogens with one attached hydrogen (secondary N) is 2. The lowest BCUT2D eigenvalue weighted by Crippen LogP contribution is -2.24. The molecule has 1 unspecified atom stereocenters. The zero-order valence-corrected chi connectivity index (χ0v) is 17.7. The lowest BCUT2D eigenvalue weighted by molar-refractivity contribution is -0.123. The molecule has 7 heteroatoms. The second-order valence-electron chi connectivity index (χ2n) is 7.73. The molecule has 2 amide bonds. The molecular weight excluding hydrogens is 392 g/mol. The van der Waals surface area contributed by atoms with E-state index >= 15 is 0 Å². The highest BCUT2D eigenvalue weighted by Gasteiger charge is 2.36. The number of anilines is 2. The van der Waals surface area contributed by atoms with Crippen LogP contribution in [0.2, 0.25) is 0 Å². The highest BCUT2D eigenvalue weighted by atomic mass is 16.2. The van der Waals surface area contributed by atoms with Gasteiger partial charge in [0.25, 0.3) is 5.91 Å². The van der Waals surface area contributed by atoms with Crippen LogP contribution in [0.25, 0.3) is 11.1 Å². The molecule has 0 radical (unpaired) electrons. The second kappa shape index (κ2) is 8.18. The van der Waals surface area contributed by atoms with Gasteiger partial charge in [-0.05, 0) is 50.1 Å². The van der Waals surface area contributed by atoms with Gasteiger partial charge >= 0.3 is 0 Å². The van der Waals surface area contributed by atoms with Crippen LogP contribution in [0.15, 0.2) is 48.5 Å². The molecule has 0 bridgehead atoms. The average Bonchev–Trinajstić information content (AvgIpc) is 3.24. The van der Waals surface area contributed by atoms with Gasteiger partial charge < -0.3 is 10.6 Å². The Balaban J connectivity index is 1.56. The van der Waals surface area contributed by atoms with E-state index in [4.69, 9.17) is 0 Å². The molecule has 1 atom stereocenters. The van der Waals surface area contributed by atoms with Gasteiger partial charge in [0.1, 0.15) is 11.9 Å². The number of nitrogens with zero attached hydrogens (tertiary/aromatic N) is 2. The van der Waals surface area contributed by atoms with Gasteiger partial charge in [-0.1, -0.05) is 36.8 Å². The standard InChI is InChI=1S/C24H24N4O3/c1-4-19-22(17-7-5-14(2)6-8-17)23-26-24(31)20(28(23)27-19)13-21(30)25-18-11-9-16(10-12-18)15(3)29/h5-12,20H,4,13H2,1-3H3,(H,25,30)(H,26,31). The molecule has 7 nitrogen and oxygen atoms in total. The number of amides is 2. The minimum atomic E-state index is -0.712. The highest BCUT2D eigenvalue weighted by molar-refractivity contribution is 6.04. The van der Waals surface area contributed by atoms with Crippen molar-refractivity contribution >= 4 is 29.1 Å². The van der Waals surface area contributed by atoms with Crippen molar-refractivity contribution in [2.45, 2.75) is 39.7 Å². The van der Waals surface area contributed by atoms with Crippen LogP contribution >= 0.6 is 0 Å². The number of ketones is 1. The zero-order valence-electron chi connectivity index (χ0n) is 17.7. The van der Waals surface area contributed by atoms with E-state index in [1.807, 2.05) is 38.1 Å². The summed E-state index contributed by atoms with van der Waals surface area (Å²) >= 11 is 0. The van der Waals surface area contributed by atoms with E-state index in [0.29, 0.717) is 23.5 Å². The zero-order chi connectivity index (χ0) is 22.1. The van der Waals surface area contributed by atoms with Gasteiger partial charge in [-0.25, -0.2) is 4.68 Å². The van der Waals surface area contributed by atoms with E-state index < -0.39 is 6.04 Å². The Morgan fingerprint density at radius 2 is 1.77 bits per heavy atom. The van der Waals surface area contributed by atoms with Gasteiger partial charge in [0.05, 0.1) is 12.1 Å². The molecule has 1 aromatic heterocycles. The summed E-state index contributed by atoms with van der Waals surface area (Å²) < 4.78 is 1.63. The summed E-state index contributed by atoms with van der Waals surface area (Å²) in [5, 5.41) is 10.4. The van der Waals surface area contributed by atoms with Crippen LogP contribution in [-0.4, -0.2) is 27.4 Å². The lowest BCUT2D eigenvalue weighted by atomic mass is 10.0. The predicted octanol–water partition coefficient (Wildman–Crippen LogP) is 4.15. The van der Waals surface area contributed by atoms with Crippen molar-refractivity contribution < 1.29 is 14.4 Å². The van der Waals surface area contributed by atoms with Gasteiger partial charge in [-0.3, -0.25) is 14.4 Å². The summed E-state index contributed by atoms with van der Waals surface area (Å²) in [6.07, 6.45) is 0.673. The van der Waals surface area contributed by atoms with Gasteiger partial charge in [-0.2, -0.15) is 5.10 Å². The number of hydrogen-bond donors (Lipinski definition) is 2. The molecule has 1 aliphatic rings. The minimum Gasteiger partial charge on any atom is -0.326 e. The lowest BCUT2D eigenvalue weighted by Gasteiger charge is -2.10. The number of fused-ring (bicyclic) bond motifs is 1. The van der Waals surface area contributed by atoms with Crippen molar-refractivity contribution in [2.75, 3.05) is 10.6 Å². The maximum atomic E-state index is 12.6. The maximum absolute atomic E-state index is 12.6. The number of aryl methyl sites for hydroxylation is 2. The fourth-order valence-corrected chi connectivity index (χ4v) is 3.76. The molecule has 2 N–H and O–H groups in total. The van der Waals surface area contributed by atoms with Crippen LogP contribution in [0.4, 0.5) is 11.5 Å². The van der Waals surface area contributed by atoms with Crippen molar-refractivity contribution in [3.8, 4) is 11.1 Å². The first-order valence-corrected chi connectivity index (χ1v) is 10.3. The van der Waals surface area contributed by atoms with Crippen LogP contribution in [0.1, 0.15) is 47.9 Å². The topological polar surface area (TPSA) is 93.1 Å². The first-order chi connectivity index (χ1) is 14.9. The summed E-state index contributed by atoms with van der Waals surface area (Å²) in [5.41, 5.74) is 5.07.